The van der Waals surface area contributed by atoms with Crippen LogP contribution in [-0.4, -0.2) is 0 Å². The van der Waals surface area contributed by atoms with Crippen LogP contribution < -0.4 is 4.90 Å². The minimum atomic E-state index is -0.557. The van der Waals surface area contributed by atoms with Crippen molar-refractivity contribution in [2.45, 2.75) is 30.1 Å². The predicted molar refractivity (Wildman–Crippen MR) is 316 cm³/mol. The van der Waals surface area contributed by atoms with Crippen LogP contribution in [0.5, 0.6) is 0 Å². The van der Waals surface area contributed by atoms with Crippen molar-refractivity contribution in [3.05, 3.63) is 341 Å². The van der Waals surface area contributed by atoms with Gasteiger partial charge in [-0.05, 0) is 136 Å². The van der Waals surface area contributed by atoms with Crippen LogP contribution >= 0.6 is 0 Å². The van der Waals surface area contributed by atoms with E-state index < -0.39 is 10.8 Å². The normalized spacial score (nSPS) is 14.5. The molecule has 358 valence electrons. The molecule has 0 amide bonds. The molecule has 0 unspecified atom stereocenters. The van der Waals surface area contributed by atoms with E-state index in [-0.39, 0.29) is 5.41 Å². The van der Waals surface area contributed by atoms with Gasteiger partial charge in [0, 0.05) is 22.4 Å². The number of nitrogens with zero attached hydrogens (tertiary/aromatic N) is 1. The monoisotopic (exact) mass is 967 g/mol. The van der Waals surface area contributed by atoms with Crippen molar-refractivity contribution < 1.29 is 0 Å². The van der Waals surface area contributed by atoms with Crippen molar-refractivity contribution in [3.8, 4) is 44.5 Å². The molecule has 0 bridgehead atoms. The van der Waals surface area contributed by atoms with Crippen LogP contribution in [-0.2, 0) is 16.2 Å². The Morgan fingerprint density at radius 1 is 0.289 bits per heavy atom. The molecule has 12 aromatic carbocycles. The van der Waals surface area contributed by atoms with E-state index in [1.807, 2.05) is 0 Å². The van der Waals surface area contributed by atoms with Crippen molar-refractivity contribution in [2.24, 2.45) is 0 Å². The molecule has 0 saturated heterocycles. The molecular formula is C75H53N. The third-order valence-electron chi connectivity index (χ3n) is 17.4. The van der Waals surface area contributed by atoms with Crippen LogP contribution in [0.3, 0.4) is 0 Å². The van der Waals surface area contributed by atoms with Gasteiger partial charge in [0.15, 0.2) is 0 Å². The van der Waals surface area contributed by atoms with E-state index in [9.17, 15) is 0 Å². The zero-order valence-corrected chi connectivity index (χ0v) is 42.6. The number of anilines is 3. The molecule has 0 atom stereocenters. The standard InChI is InChI=1S/C75H53N/c1-73(2)64-38-20-18-35-62(64)71-69(48-51-24-15-16-33-59(51)72(71)73)76(57-46-47-61-60-34-17-21-39-65(60)75(68(61)49-57,54-29-11-5-12-30-54)55-31-13-6-14-32-55)56-44-42-50(43-45-56)58-37-23-41-67-70(58)63-36-19-22-40-66(63)74(67,52-25-7-3-8-26-52)53-27-9-4-10-28-53/h3-49H,1-2H3. The largest absolute Gasteiger partial charge is 0.310 e. The quantitative estimate of drug-likeness (QED) is 0.147. The molecule has 0 spiro atoms. The highest BCUT2D eigenvalue weighted by Gasteiger charge is 2.48. The summed E-state index contributed by atoms with van der Waals surface area (Å²) in [5, 5.41) is 2.53. The summed E-state index contributed by atoms with van der Waals surface area (Å²) in [4.78, 5) is 2.57. The first-order chi connectivity index (χ1) is 37.5. The first-order valence-electron chi connectivity index (χ1n) is 26.8. The highest BCUT2D eigenvalue weighted by atomic mass is 15.1. The number of rotatable bonds is 8. The molecule has 0 saturated carbocycles. The summed E-state index contributed by atoms with van der Waals surface area (Å²) < 4.78 is 0. The molecule has 0 radical (unpaired) electrons. The molecule has 3 aliphatic carbocycles. The summed E-state index contributed by atoms with van der Waals surface area (Å²) in [5.74, 6) is 0. The van der Waals surface area contributed by atoms with E-state index in [1.54, 1.807) is 0 Å². The maximum Gasteiger partial charge on any atom is 0.0714 e. The second-order valence-electron chi connectivity index (χ2n) is 21.4. The molecule has 0 aromatic heterocycles. The summed E-state index contributed by atoms with van der Waals surface area (Å²) in [6, 6.07) is 107. The Morgan fingerprint density at radius 3 is 1.33 bits per heavy atom. The highest BCUT2D eigenvalue weighted by Crippen LogP contribution is 2.61. The van der Waals surface area contributed by atoms with Gasteiger partial charge in [-0.3, -0.25) is 0 Å². The Kier molecular flexibility index (Phi) is 9.81. The second-order valence-corrected chi connectivity index (χ2v) is 21.4. The van der Waals surface area contributed by atoms with E-state index >= 15 is 0 Å². The summed E-state index contributed by atoms with van der Waals surface area (Å²) >= 11 is 0. The van der Waals surface area contributed by atoms with E-state index in [4.69, 9.17) is 0 Å². The van der Waals surface area contributed by atoms with Crippen molar-refractivity contribution in [3.63, 3.8) is 0 Å². The molecule has 15 rings (SSSR count). The first kappa shape index (κ1) is 44.2. The van der Waals surface area contributed by atoms with Gasteiger partial charge in [-0.25, -0.2) is 0 Å². The number of fused-ring (bicyclic) bond motifs is 11. The summed E-state index contributed by atoms with van der Waals surface area (Å²) in [6.45, 7) is 4.82. The van der Waals surface area contributed by atoms with Gasteiger partial charge in [-0.1, -0.05) is 269 Å². The summed E-state index contributed by atoms with van der Waals surface area (Å²) in [7, 11) is 0. The average molecular weight is 968 g/mol. The highest BCUT2D eigenvalue weighted by molar-refractivity contribution is 6.06. The second kappa shape index (κ2) is 16.9. The van der Waals surface area contributed by atoms with E-state index in [0.29, 0.717) is 0 Å². The zero-order chi connectivity index (χ0) is 50.6. The fourth-order valence-corrected chi connectivity index (χ4v) is 14.3. The summed E-state index contributed by atoms with van der Waals surface area (Å²) in [5.41, 5.74) is 25.2. The van der Waals surface area contributed by atoms with Gasteiger partial charge in [-0.2, -0.15) is 0 Å². The lowest BCUT2D eigenvalue weighted by atomic mass is 9.67. The zero-order valence-electron chi connectivity index (χ0n) is 42.6. The molecule has 0 N–H and O–H groups in total. The van der Waals surface area contributed by atoms with Crippen molar-refractivity contribution >= 4 is 27.8 Å². The number of benzene rings is 12. The van der Waals surface area contributed by atoms with Crippen LogP contribution in [0.15, 0.2) is 285 Å². The lowest BCUT2D eigenvalue weighted by Gasteiger charge is -2.35. The van der Waals surface area contributed by atoms with Gasteiger partial charge in [0.1, 0.15) is 0 Å². The van der Waals surface area contributed by atoms with Gasteiger partial charge in [0.05, 0.1) is 16.5 Å². The van der Waals surface area contributed by atoms with E-state index in [0.717, 1.165) is 11.4 Å². The Morgan fingerprint density at radius 2 is 0.724 bits per heavy atom. The molecule has 3 aliphatic rings. The lowest BCUT2D eigenvalue weighted by molar-refractivity contribution is 0.666. The minimum Gasteiger partial charge on any atom is -0.310 e. The van der Waals surface area contributed by atoms with Crippen LogP contribution in [0, 0.1) is 0 Å². The van der Waals surface area contributed by atoms with Crippen LogP contribution in [0.1, 0.15) is 69.5 Å². The third-order valence-corrected chi connectivity index (χ3v) is 17.4. The van der Waals surface area contributed by atoms with Crippen molar-refractivity contribution in [1.82, 2.24) is 0 Å². The number of hydrogen-bond acceptors (Lipinski definition) is 1. The molecule has 12 aromatic rings. The molecule has 0 fully saturated rings. The van der Waals surface area contributed by atoms with Crippen molar-refractivity contribution in [2.75, 3.05) is 4.90 Å². The molecular weight excluding hydrogens is 915 g/mol. The molecule has 0 heterocycles. The Balaban J connectivity index is 0.983. The summed E-state index contributed by atoms with van der Waals surface area (Å²) in [6.07, 6.45) is 0. The third kappa shape index (κ3) is 6.09. The molecule has 1 nitrogen and oxygen atoms in total. The van der Waals surface area contributed by atoms with E-state index in [2.05, 4.69) is 304 Å². The lowest BCUT2D eigenvalue weighted by Crippen LogP contribution is -2.28. The predicted octanol–water partition coefficient (Wildman–Crippen LogP) is 19.0. The average Bonchev–Trinajstić information content (AvgIpc) is 4.29. The van der Waals surface area contributed by atoms with Gasteiger partial charge in [0.25, 0.3) is 0 Å². The maximum absolute atomic E-state index is 2.57. The van der Waals surface area contributed by atoms with Crippen LogP contribution in [0.4, 0.5) is 17.1 Å². The number of hydrogen-bond donors (Lipinski definition) is 0. The minimum absolute atomic E-state index is 0.231. The Hall–Kier alpha value is -9.30. The topological polar surface area (TPSA) is 3.24 Å². The SMILES string of the molecule is CC1(C)c2ccccc2-c2c(N(c3ccc(-c4cccc5c4-c4ccccc4C5(c4ccccc4)c4ccccc4)cc3)c3ccc4c(c3)C(c3ccccc3)(c3ccccc3)c3ccccc3-4)cc3ccccc3c21. The fraction of sp³-hybridized carbons (Fsp3) is 0.0667. The van der Waals surface area contributed by atoms with Gasteiger partial charge < -0.3 is 4.90 Å². The van der Waals surface area contributed by atoms with Gasteiger partial charge >= 0.3 is 0 Å². The molecule has 76 heavy (non-hydrogen) atoms. The Labute approximate surface area is 445 Å². The molecule has 0 aliphatic heterocycles. The van der Waals surface area contributed by atoms with Gasteiger partial charge in [0.2, 0.25) is 0 Å². The van der Waals surface area contributed by atoms with Crippen LogP contribution in [0.25, 0.3) is 55.3 Å². The smallest absolute Gasteiger partial charge is 0.0714 e. The van der Waals surface area contributed by atoms with Gasteiger partial charge in [-0.15, -0.1) is 0 Å². The fourth-order valence-electron chi connectivity index (χ4n) is 14.3. The van der Waals surface area contributed by atoms with Crippen LogP contribution in [0.2, 0.25) is 0 Å². The van der Waals surface area contributed by atoms with Crippen molar-refractivity contribution in [1.29, 1.82) is 0 Å². The first-order valence-corrected chi connectivity index (χ1v) is 26.8. The Bertz CT molecular complexity index is 4150. The molecule has 1 heteroatoms. The maximum atomic E-state index is 2.57. The van der Waals surface area contributed by atoms with E-state index in [1.165, 1.54) is 117 Å².